The van der Waals surface area contributed by atoms with E-state index in [1.54, 1.807) is 4.90 Å². The number of aryl methyl sites for hydroxylation is 1. The fraction of sp³-hybridized carbons (Fsp3) is 0.652. The van der Waals surface area contributed by atoms with Crippen molar-refractivity contribution in [3.8, 4) is 0 Å². The Kier molecular flexibility index (Phi) is 6.22. The zero-order valence-electron chi connectivity index (χ0n) is 18.2. The summed E-state index contributed by atoms with van der Waals surface area (Å²) in [6.45, 7) is 11.1. The first-order valence-electron chi connectivity index (χ1n) is 10.6. The average molecular weight is 403 g/mol. The largest absolute Gasteiger partial charge is 0.481 e. The molecule has 1 saturated carbocycles. The van der Waals surface area contributed by atoms with Crippen molar-refractivity contribution < 1.29 is 19.4 Å². The second-order valence-electron chi connectivity index (χ2n) is 9.50. The van der Waals surface area contributed by atoms with Crippen molar-refractivity contribution >= 4 is 12.1 Å². The number of hydrogen-bond donors (Lipinski definition) is 1. The van der Waals surface area contributed by atoms with Crippen molar-refractivity contribution in [2.45, 2.75) is 70.9 Å². The van der Waals surface area contributed by atoms with Crippen molar-refractivity contribution in [3.05, 3.63) is 34.9 Å². The Labute approximate surface area is 173 Å². The van der Waals surface area contributed by atoms with Gasteiger partial charge in [-0.25, -0.2) is 4.79 Å². The van der Waals surface area contributed by atoms with Crippen LogP contribution in [0.1, 0.15) is 63.1 Å². The molecule has 1 aromatic carbocycles. The summed E-state index contributed by atoms with van der Waals surface area (Å²) in [5, 5.41) is 10.1. The van der Waals surface area contributed by atoms with E-state index in [0.717, 1.165) is 42.6 Å². The molecule has 0 atom stereocenters. The van der Waals surface area contributed by atoms with Crippen molar-refractivity contribution in [2.24, 2.45) is 0 Å². The molecule has 1 aliphatic carbocycles. The zero-order chi connectivity index (χ0) is 21.2. The molecule has 0 bridgehead atoms. The van der Waals surface area contributed by atoms with Gasteiger partial charge < -0.3 is 14.7 Å². The van der Waals surface area contributed by atoms with E-state index in [2.05, 4.69) is 23.1 Å². The van der Waals surface area contributed by atoms with Gasteiger partial charge >= 0.3 is 12.1 Å². The van der Waals surface area contributed by atoms with Crippen molar-refractivity contribution in [2.75, 3.05) is 26.2 Å². The molecule has 1 amide bonds. The molecule has 0 aromatic heterocycles. The molecular formula is C23H34N2O4. The van der Waals surface area contributed by atoms with Gasteiger partial charge in [0.25, 0.3) is 0 Å². The van der Waals surface area contributed by atoms with E-state index < -0.39 is 17.0 Å². The lowest BCUT2D eigenvalue weighted by Crippen LogP contribution is -2.49. The summed E-state index contributed by atoms with van der Waals surface area (Å²) in [7, 11) is 0. The third-order valence-corrected chi connectivity index (χ3v) is 6.07. The zero-order valence-corrected chi connectivity index (χ0v) is 18.2. The van der Waals surface area contributed by atoms with Gasteiger partial charge in [0.2, 0.25) is 0 Å². The summed E-state index contributed by atoms with van der Waals surface area (Å²) >= 11 is 0. The summed E-state index contributed by atoms with van der Waals surface area (Å²) in [5.74, 6) is -0.698. The third kappa shape index (κ3) is 4.92. The predicted molar refractivity (Wildman–Crippen MR) is 112 cm³/mol. The molecule has 0 spiro atoms. The van der Waals surface area contributed by atoms with E-state index in [9.17, 15) is 14.7 Å². The van der Waals surface area contributed by atoms with Crippen LogP contribution in [-0.2, 0) is 21.5 Å². The summed E-state index contributed by atoms with van der Waals surface area (Å²) in [6, 6.07) is 6.24. The Bertz CT molecular complexity index is 755. The summed E-state index contributed by atoms with van der Waals surface area (Å²) in [5.41, 5.74) is 1.95. The Balaban J connectivity index is 1.71. The number of carboxylic acid groups (broad SMARTS) is 1. The number of amides is 1. The van der Waals surface area contributed by atoms with E-state index in [-0.39, 0.29) is 6.09 Å². The van der Waals surface area contributed by atoms with Gasteiger partial charge in [-0.1, -0.05) is 36.6 Å². The van der Waals surface area contributed by atoms with E-state index in [4.69, 9.17) is 4.74 Å². The van der Waals surface area contributed by atoms with Crippen LogP contribution < -0.4 is 0 Å². The summed E-state index contributed by atoms with van der Waals surface area (Å²) in [4.78, 5) is 28.6. The number of carboxylic acids is 1. The number of nitrogens with zero attached hydrogens (tertiary/aromatic N) is 2. The number of carbonyl (C=O) groups is 2. The van der Waals surface area contributed by atoms with Gasteiger partial charge in [-0.15, -0.1) is 0 Å². The molecule has 2 aliphatic rings. The molecule has 1 heterocycles. The van der Waals surface area contributed by atoms with E-state index in [1.807, 2.05) is 27.7 Å². The monoisotopic (exact) mass is 402 g/mol. The first-order valence-corrected chi connectivity index (χ1v) is 10.6. The first-order chi connectivity index (χ1) is 13.6. The van der Waals surface area contributed by atoms with Crippen LogP contribution in [0.4, 0.5) is 4.79 Å². The highest BCUT2D eigenvalue weighted by Crippen LogP contribution is 2.43. The lowest BCUT2D eigenvalue weighted by molar-refractivity contribution is -0.143. The molecular weight excluding hydrogens is 368 g/mol. The fourth-order valence-corrected chi connectivity index (χ4v) is 4.51. The lowest BCUT2D eigenvalue weighted by Gasteiger charge is -2.36. The minimum atomic E-state index is -0.750. The highest BCUT2D eigenvalue weighted by atomic mass is 16.6. The molecule has 1 saturated heterocycles. The minimum Gasteiger partial charge on any atom is -0.481 e. The van der Waals surface area contributed by atoms with Gasteiger partial charge in [0.15, 0.2) is 0 Å². The van der Waals surface area contributed by atoms with Crippen molar-refractivity contribution in [3.63, 3.8) is 0 Å². The third-order valence-electron chi connectivity index (χ3n) is 6.07. The first kappa shape index (κ1) is 21.6. The van der Waals surface area contributed by atoms with E-state index in [1.165, 1.54) is 0 Å². The second kappa shape index (κ2) is 8.34. The molecule has 1 aliphatic heterocycles. The molecule has 1 N–H and O–H groups in total. The Morgan fingerprint density at radius 1 is 1.10 bits per heavy atom. The maximum Gasteiger partial charge on any atom is 0.410 e. The van der Waals surface area contributed by atoms with Crippen LogP contribution in [0.15, 0.2) is 18.2 Å². The molecule has 3 rings (SSSR count). The predicted octanol–water partition coefficient (Wildman–Crippen LogP) is 3.94. The summed E-state index contributed by atoms with van der Waals surface area (Å²) < 4.78 is 5.47. The molecule has 0 unspecified atom stereocenters. The van der Waals surface area contributed by atoms with Crippen LogP contribution in [-0.4, -0.2) is 58.7 Å². The van der Waals surface area contributed by atoms with Gasteiger partial charge in [0.1, 0.15) is 5.60 Å². The minimum absolute atomic E-state index is 0.260. The van der Waals surface area contributed by atoms with Gasteiger partial charge in [0.05, 0.1) is 5.41 Å². The molecule has 29 heavy (non-hydrogen) atoms. The smallest absolute Gasteiger partial charge is 0.410 e. The molecule has 6 nitrogen and oxygen atoms in total. The topological polar surface area (TPSA) is 70.1 Å². The SMILES string of the molecule is Cc1ccc(CN2CCN(C(=O)OC(C)(C)C)CC2)c(C2(C(=O)O)CCCC2)c1. The number of aliphatic carboxylic acids is 1. The fourth-order valence-electron chi connectivity index (χ4n) is 4.51. The van der Waals surface area contributed by atoms with Crippen molar-refractivity contribution in [1.29, 1.82) is 0 Å². The number of piperazine rings is 1. The van der Waals surface area contributed by atoms with Crippen LogP contribution in [0.25, 0.3) is 0 Å². The quantitative estimate of drug-likeness (QED) is 0.826. The molecule has 1 aromatic rings. The van der Waals surface area contributed by atoms with Crippen LogP contribution in [0, 0.1) is 6.92 Å². The second-order valence-corrected chi connectivity index (χ2v) is 9.50. The van der Waals surface area contributed by atoms with Crippen LogP contribution in [0.5, 0.6) is 0 Å². The standard InChI is InChI=1S/C23H34N2O4/c1-17-7-8-18(19(15-17)23(20(26)27)9-5-6-10-23)16-24-11-13-25(14-12-24)21(28)29-22(2,3)4/h7-8,15H,5-6,9-14,16H2,1-4H3,(H,26,27). The Morgan fingerprint density at radius 3 is 2.28 bits per heavy atom. The number of rotatable bonds is 4. The molecule has 2 fully saturated rings. The Hall–Kier alpha value is -2.08. The number of hydrogen-bond acceptors (Lipinski definition) is 4. The molecule has 6 heteroatoms. The average Bonchev–Trinajstić information content (AvgIpc) is 3.13. The highest BCUT2D eigenvalue weighted by molar-refractivity contribution is 5.82. The summed E-state index contributed by atoms with van der Waals surface area (Å²) in [6.07, 6.45) is 3.10. The van der Waals surface area contributed by atoms with Gasteiger partial charge in [-0.2, -0.15) is 0 Å². The number of benzene rings is 1. The van der Waals surface area contributed by atoms with Gasteiger partial charge in [-0.3, -0.25) is 9.69 Å². The molecule has 0 radical (unpaired) electrons. The lowest BCUT2D eigenvalue weighted by atomic mass is 9.76. The van der Waals surface area contributed by atoms with E-state index in [0.29, 0.717) is 32.5 Å². The molecule has 160 valence electrons. The maximum absolute atomic E-state index is 12.3. The highest BCUT2D eigenvalue weighted by Gasteiger charge is 2.44. The number of ether oxygens (including phenoxy) is 1. The van der Waals surface area contributed by atoms with Crippen molar-refractivity contribution in [1.82, 2.24) is 9.80 Å². The van der Waals surface area contributed by atoms with Crippen LogP contribution in [0.3, 0.4) is 0 Å². The normalized spacial score (nSPS) is 19.9. The van der Waals surface area contributed by atoms with Crippen LogP contribution >= 0.6 is 0 Å². The Morgan fingerprint density at radius 2 is 1.72 bits per heavy atom. The van der Waals surface area contributed by atoms with Crippen LogP contribution in [0.2, 0.25) is 0 Å². The van der Waals surface area contributed by atoms with E-state index >= 15 is 0 Å². The van der Waals surface area contributed by atoms with Gasteiger partial charge in [-0.05, 0) is 51.7 Å². The number of carbonyl (C=O) groups excluding carboxylic acids is 1. The maximum atomic E-state index is 12.3. The van der Waals surface area contributed by atoms with Gasteiger partial charge in [0, 0.05) is 32.7 Å².